The maximum atomic E-state index is 13.2. The van der Waals surface area contributed by atoms with Gasteiger partial charge in [-0.1, -0.05) is 12.1 Å². The van der Waals surface area contributed by atoms with E-state index in [4.69, 9.17) is 5.73 Å². The molecule has 1 aromatic carbocycles. The second kappa shape index (κ2) is 10.6. The zero-order valence-corrected chi connectivity index (χ0v) is 21.0. The van der Waals surface area contributed by atoms with Crippen molar-refractivity contribution in [2.75, 3.05) is 32.7 Å². The lowest BCUT2D eigenvalue weighted by Gasteiger charge is -2.34. The van der Waals surface area contributed by atoms with Crippen molar-refractivity contribution in [3.05, 3.63) is 52.8 Å². The van der Waals surface area contributed by atoms with Crippen molar-refractivity contribution in [3.8, 4) is 5.75 Å². The van der Waals surface area contributed by atoms with Crippen molar-refractivity contribution in [2.24, 2.45) is 5.73 Å². The van der Waals surface area contributed by atoms with Crippen molar-refractivity contribution in [2.45, 2.75) is 38.9 Å². The van der Waals surface area contributed by atoms with Crippen LogP contribution in [0.3, 0.4) is 0 Å². The zero-order valence-electron chi connectivity index (χ0n) is 20.2. The Morgan fingerprint density at radius 1 is 1.11 bits per heavy atom. The maximum Gasteiger partial charge on any atom is 0.573 e. The van der Waals surface area contributed by atoms with Crippen LogP contribution in [-0.2, 0) is 16.6 Å². The van der Waals surface area contributed by atoms with Crippen LogP contribution in [0.1, 0.15) is 46.0 Å². The van der Waals surface area contributed by atoms with Gasteiger partial charge in [-0.3, -0.25) is 14.5 Å². The van der Waals surface area contributed by atoms with E-state index in [1.54, 1.807) is 26.8 Å². The lowest BCUT2D eigenvalue weighted by atomic mass is 10.2. The predicted octanol–water partition coefficient (Wildman–Crippen LogP) is 2.38. The first kappa shape index (κ1) is 27.7. The molecule has 1 saturated heterocycles. The number of hydrogen-bond acceptors (Lipinski definition) is 6. The molecule has 1 aliphatic heterocycles. The highest BCUT2D eigenvalue weighted by Gasteiger charge is 2.32. The number of Topliss-reactive ketones (excluding diaryl/α,β-unsaturated/α-hetero) is 1. The summed E-state index contributed by atoms with van der Waals surface area (Å²) in [5, 5.41) is -0.538. The number of nitrogens with two attached hydrogens (primary N) is 1. The van der Waals surface area contributed by atoms with E-state index in [1.165, 1.54) is 33.1 Å². The first-order chi connectivity index (χ1) is 16.7. The van der Waals surface area contributed by atoms with Crippen molar-refractivity contribution in [1.82, 2.24) is 13.8 Å². The fourth-order valence-electron chi connectivity index (χ4n) is 4.08. The number of sulfonamides is 1. The molecular weight excluding hydrogens is 501 g/mol. The van der Waals surface area contributed by atoms with Gasteiger partial charge in [0.15, 0.2) is 5.78 Å². The molecule has 0 saturated carbocycles. The monoisotopic (exact) mass is 530 g/mol. The third-order valence-corrected chi connectivity index (χ3v) is 8.32. The van der Waals surface area contributed by atoms with E-state index in [0.29, 0.717) is 24.3 Å². The van der Waals surface area contributed by atoms with Crippen LogP contribution in [0, 0.1) is 6.92 Å². The zero-order chi connectivity index (χ0) is 26.8. The molecule has 198 valence electrons. The topological polar surface area (TPSA) is 115 Å². The highest BCUT2D eigenvalue weighted by Crippen LogP contribution is 2.25. The number of ketones is 1. The number of halogens is 3. The van der Waals surface area contributed by atoms with Gasteiger partial charge in [0.05, 0.1) is 23.1 Å². The third-order valence-electron chi connectivity index (χ3n) is 6.04. The van der Waals surface area contributed by atoms with Gasteiger partial charge in [-0.2, -0.15) is 4.31 Å². The Bertz CT molecular complexity index is 1230. The van der Waals surface area contributed by atoms with Crippen LogP contribution in [0.25, 0.3) is 0 Å². The van der Waals surface area contributed by atoms with Crippen LogP contribution >= 0.6 is 0 Å². The van der Waals surface area contributed by atoms with E-state index in [9.17, 15) is 31.2 Å². The van der Waals surface area contributed by atoms with E-state index in [1.807, 2.05) is 4.90 Å². The minimum absolute atomic E-state index is 0.00958. The Hall–Kier alpha value is -2.90. The fourth-order valence-corrected chi connectivity index (χ4v) is 5.35. The molecule has 2 aromatic rings. The van der Waals surface area contributed by atoms with Crippen molar-refractivity contribution in [3.63, 3.8) is 0 Å². The second-order valence-corrected chi connectivity index (χ2v) is 11.4. The second-order valence-electron chi connectivity index (χ2n) is 8.87. The maximum absolute atomic E-state index is 13.2. The summed E-state index contributed by atoms with van der Waals surface area (Å²) >= 11 is 0. The van der Waals surface area contributed by atoms with Crippen molar-refractivity contribution < 1.29 is 35.9 Å². The minimum atomic E-state index is -4.85. The van der Waals surface area contributed by atoms with Gasteiger partial charge in [0.2, 0.25) is 10.0 Å². The Labute approximate surface area is 207 Å². The number of rotatable bonds is 9. The number of amides is 1. The number of alkyl halides is 3. The molecule has 13 heteroatoms. The summed E-state index contributed by atoms with van der Waals surface area (Å²) in [6.07, 6.45) is -4.85. The van der Waals surface area contributed by atoms with Crippen molar-refractivity contribution >= 4 is 21.7 Å². The van der Waals surface area contributed by atoms with E-state index >= 15 is 0 Å². The first-order valence-corrected chi connectivity index (χ1v) is 12.8. The normalized spacial score (nSPS) is 15.9. The Balaban J connectivity index is 1.80. The van der Waals surface area contributed by atoms with Crippen LogP contribution in [0.4, 0.5) is 13.2 Å². The third kappa shape index (κ3) is 6.45. The van der Waals surface area contributed by atoms with Gasteiger partial charge in [-0.05, 0) is 44.5 Å². The molecule has 1 aromatic heterocycles. The van der Waals surface area contributed by atoms with E-state index in [2.05, 4.69) is 4.74 Å². The minimum Gasteiger partial charge on any atom is -0.406 e. The van der Waals surface area contributed by atoms with Gasteiger partial charge in [-0.15, -0.1) is 13.2 Å². The lowest BCUT2D eigenvalue weighted by molar-refractivity contribution is -0.274. The lowest BCUT2D eigenvalue weighted by Crippen LogP contribution is -2.51. The van der Waals surface area contributed by atoms with Gasteiger partial charge < -0.3 is 15.0 Å². The van der Waals surface area contributed by atoms with Crippen LogP contribution in [0.2, 0.25) is 0 Å². The molecule has 9 nitrogen and oxygen atoms in total. The molecule has 1 amide bonds. The highest BCUT2D eigenvalue weighted by molar-refractivity contribution is 7.89. The van der Waals surface area contributed by atoms with E-state index in [-0.39, 0.29) is 43.2 Å². The summed E-state index contributed by atoms with van der Waals surface area (Å²) in [6.45, 7) is 6.05. The Morgan fingerprint density at radius 2 is 1.75 bits per heavy atom. The van der Waals surface area contributed by atoms with Crippen molar-refractivity contribution in [1.29, 1.82) is 0 Å². The fraction of sp³-hybridized carbons (Fsp3) is 0.478. The summed E-state index contributed by atoms with van der Waals surface area (Å²) < 4.78 is 69.5. The quantitative estimate of drug-likeness (QED) is 0.498. The van der Waals surface area contributed by atoms with E-state index in [0.717, 1.165) is 0 Å². The van der Waals surface area contributed by atoms with Crippen LogP contribution in [-0.4, -0.2) is 78.2 Å². The molecule has 36 heavy (non-hydrogen) atoms. The summed E-state index contributed by atoms with van der Waals surface area (Å²) in [5.41, 5.74) is 6.61. The van der Waals surface area contributed by atoms with Crippen LogP contribution < -0.4 is 10.5 Å². The molecular formula is C23H29F3N4O5S. The molecule has 3 rings (SSSR count). The molecule has 0 spiro atoms. The average molecular weight is 531 g/mol. The molecule has 1 aliphatic rings. The molecule has 0 atom stereocenters. The Kier molecular flexibility index (Phi) is 8.16. The number of nitrogens with zero attached hydrogens (tertiary/aromatic N) is 3. The molecule has 0 aliphatic carbocycles. The number of primary amides is 1. The molecule has 0 bridgehead atoms. The largest absolute Gasteiger partial charge is 0.573 e. The van der Waals surface area contributed by atoms with Crippen LogP contribution in [0.15, 0.2) is 30.3 Å². The number of hydrogen-bond donors (Lipinski definition) is 1. The highest BCUT2D eigenvalue weighted by atomic mass is 32.2. The molecule has 0 radical (unpaired) electrons. The van der Waals surface area contributed by atoms with Gasteiger partial charge in [0, 0.05) is 38.4 Å². The molecule has 2 N–H and O–H groups in total. The standard InChI is InChI=1S/C23H29F3N4O5S/c1-15(2)36(33,34)29-9-7-28(8-10-29)14-21(31)20-12-19(22(27)32)16(3)30(20)13-17-5-4-6-18(11-17)35-23(24,25)26/h4-6,11-12,15H,7-10,13-14H2,1-3H3,(H2,27,32). The Morgan fingerprint density at radius 3 is 2.31 bits per heavy atom. The summed E-state index contributed by atoms with van der Waals surface area (Å²) in [7, 11) is -3.39. The van der Waals surface area contributed by atoms with Crippen LogP contribution in [0.5, 0.6) is 5.75 Å². The number of carbonyl (C=O) groups excluding carboxylic acids is 2. The van der Waals surface area contributed by atoms with Gasteiger partial charge in [-0.25, -0.2) is 8.42 Å². The summed E-state index contributed by atoms with van der Waals surface area (Å²) in [4.78, 5) is 27.0. The number of aromatic nitrogens is 1. The summed E-state index contributed by atoms with van der Waals surface area (Å²) in [5.74, 6) is -1.46. The molecule has 1 fully saturated rings. The first-order valence-electron chi connectivity index (χ1n) is 11.3. The number of benzene rings is 1. The predicted molar refractivity (Wildman–Crippen MR) is 126 cm³/mol. The molecule has 0 unspecified atom stereocenters. The van der Waals surface area contributed by atoms with Gasteiger partial charge in [0.1, 0.15) is 5.75 Å². The van der Waals surface area contributed by atoms with Gasteiger partial charge >= 0.3 is 6.36 Å². The number of piperazine rings is 1. The average Bonchev–Trinajstić information content (AvgIpc) is 3.09. The van der Waals surface area contributed by atoms with E-state index < -0.39 is 33.3 Å². The molecule has 2 heterocycles. The smallest absolute Gasteiger partial charge is 0.406 e. The SMILES string of the molecule is Cc1c(C(N)=O)cc(C(=O)CN2CCN(S(=O)(=O)C(C)C)CC2)n1Cc1cccc(OC(F)(F)F)c1. The van der Waals surface area contributed by atoms with Gasteiger partial charge in [0.25, 0.3) is 5.91 Å². The number of carbonyl (C=O) groups is 2. The number of ether oxygens (including phenoxy) is 1. The summed E-state index contributed by atoms with van der Waals surface area (Å²) in [6, 6.07) is 6.74.